The Balaban J connectivity index is 1.31. The molecule has 0 spiro atoms. The summed E-state index contributed by atoms with van der Waals surface area (Å²) < 4.78 is 0. The number of hydrogen-bond donors (Lipinski definition) is 4. The number of amides is 2. The van der Waals surface area contributed by atoms with E-state index >= 15 is 0 Å². The third kappa shape index (κ3) is 5.35. The van der Waals surface area contributed by atoms with E-state index < -0.39 is 0 Å². The first-order chi connectivity index (χ1) is 16.0. The zero-order valence-corrected chi connectivity index (χ0v) is 20.3. The lowest BCUT2D eigenvalue weighted by Crippen LogP contribution is -2.41. The Labute approximate surface area is 203 Å². The van der Waals surface area contributed by atoms with Crippen LogP contribution in [-0.2, 0) is 17.6 Å². The maximum Gasteiger partial charge on any atom is 0.254 e. The van der Waals surface area contributed by atoms with Gasteiger partial charge in [0.2, 0.25) is 5.91 Å². The van der Waals surface area contributed by atoms with Gasteiger partial charge in [0.15, 0.2) is 5.11 Å². The van der Waals surface area contributed by atoms with Crippen LogP contribution in [0.5, 0.6) is 0 Å². The van der Waals surface area contributed by atoms with Gasteiger partial charge in [-0.2, -0.15) is 0 Å². The summed E-state index contributed by atoms with van der Waals surface area (Å²) in [4.78, 5) is 31.1. The molecule has 1 atom stereocenters. The molecule has 2 fully saturated rings. The van der Waals surface area contributed by atoms with Crippen molar-refractivity contribution >= 4 is 51.2 Å². The molecular formula is C24H29N5O2S2. The van der Waals surface area contributed by atoms with Crippen LogP contribution in [0.25, 0.3) is 0 Å². The summed E-state index contributed by atoms with van der Waals surface area (Å²) in [5.41, 5.74) is 3.46. The van der Waals surface area contributed by atoms with Crippen LogP contribution >= 0.6 is 23.6 Å². The van der Waals surface area contributed by atoms with Crippen molar-refractivity contribution in [1.82, 2.24) is 15.6 Å². The van der Waals surface area contributed by atoms with Crippen LogP contribution < -0.4 is 21.3 Å². The van der Waals surface area contributed by atoms with Gasteiger partial charge in [-0.3, -0.25) is 14.6 Å². The van der Waals surface area contributed by atoms with Crippen molar-refractivity contribution in [1.29, 1.82) is 0 Å². The first-order valence-electron chi connectivity index (χ1n) is 11.7. The number of pyridine rings is 1. The van der Waals surface area contributed by atoms with E-state index in [-0.39, 0.29) is 23.8 Å². The third-order valence-corrected chi connectivity index (χ3v) is 7.94. The fourth-order valence-electron chi connectivity index (χ4n) is 4.20. The van der Waals surface area contributed by atoms with E-state index in [2.05, 4.69) is 26.3 Å². The summed E-state index contributed by atoms with van der Waals surface area (Å²) in [5, 5.41) is 14.1. The normalized spacial score (nSPS) is 19.4. The number of nitrogens with one attached hydrogen (secondary N) is 4. The number of aromatic nitrogens is 1. The van der Waals surface area contributed by atoms with E-state index in [4.69, 9.17) is 12.2 Å². The maximum atomic E-state index is 13.2. The molecule has 9 heteroatoms. The summed E-state index contributed by atoms with van der Waals surface area (Å²) >= 11 is 7.11. The van der Waals surface area contributed by atoms with E-state index in [1.54, 1.807) is 17.5 Å². The molecule has 3 aliphatic carbocycles. The van der Waals surface area contributed by atoms with Gasteiger partial charge in [0.25, 0.3) is 5.91 Å². The largest absolute Gasteiger partial charge is 0.359 e. The summed E-state index contributed by atoms with van der Waals surface area (Å²) in [7, 11) is 0. The predicted octanol–water partition coefficient (Wildman–Crippen LogP) is 3.78. The highest BCUT2D eigenvalue weighted by atomic mass is 32.1. The van der Waals surface area contributed by atoms with Crippen LogP contribution in [0.4, 0.5) is 10.7 Å². The molecule has 174 valence electrons. The lowest BCUT2D eigenvalue weighted by molar-refractivity contribution is -0.117. The number of thiophene rings is 1. The summed E-state index contributed by atoms with van der Waals surface area (Å²) in [6, 6.07) is 3.94. The number of aryl methyl sites for hydroxylation is 2. The number of carbonyl (C=O) groups is 2. The number of carbonyl (C=O) groups excluding carboxylic acids is 2. The average Bonchev–Trinajstić information content (AvgIpc) is 3.70. The minimum Gasteiger partial charge on any atom is -0.359 e. The molecule has 2 amide bonds. The van der Waals surface area contributed by atoms with Gasteiger partial charge in [0.1, 0.15) is 5.00 Å². The molecule has 33 heavy (non-hydrogen) atoms. The molecule has 2 saturated carbocycles. The first kappa shape index (κ1) is 22.3. The molecule has 2 aromatic heterocycles. The van der Waals surface area contributed by atoms with Crippen molar-refractivity contribution in [3.8, 4) is 0 Å². The molecule has 3 aliphatic rings. The molecule has 2 aromatic rings. The highest BCUT2D eigenvalue weighted by Gasteiger charge is 2.34. The van der Waals surface area contributed by atoms with Crippen molar-refractivity contribution in [2.24, 2.45) is 11.8 Å². The van der Waals surface area contributed by atoms with E-state index in [0.717, 1.165) is 42.6 Å². The van der Waals surface area contributed by atoms with Crippen molar-refractivity contribution in [3.63, 3.8) is 0 Å². The van der Waals surface area contributed by atoms with Gasteiger partial charge in [-0.05, 0) is 87.7 Å². The number of hydrogen-bond acceptors (Lipinski definition) is 5. The van der Waals surface area contributed by atoms with Crippen LogP contribution in [0.2, 0.25) is 0 Å². The quantitative estimate of drug-likeness (QED) is 0.448. The monoisotopic (exact) mass is 483 g/mol. The smallest absolute Gasteiger partial charge is 0.254 e. The van der Waals surface area contributed by atoms with Gasteiger partial charge in [0.05, 0.1) is 16.9 Å². The SMILES string of the molecule is Cc1ncccc1NC(=S)N[C@H]1CCc2sc(NC(=O)C3CC3)c(C(=O)NCC3CC3)c2C1. The lowest BCUT2D eigenvalue weighted by Gasteiger charge is -2.25. The summed E-state index contributed by atoms with van der Waals surface area (Å²) in [5.74, 6) is 0.663. The van der Waals surface area contributed by atoms with E-state index in [0.29, 0.717) is 34.6 Å². The maximum absolute atomic E-state index is 13.2. The van der Waals surface area contributed by atoms with Crippen LogP contribution in [0.15, 0.2) is 18.3 Å². The molecule has 0 bridgehead atoms. The third-order valence-electron chi connectivity index (χ3n) is 6.51. The molecule has 0 aromatic carbocycles. The molecule has 0 unspecified atom stereocenters. The molecular weight excluding hydrogens is 454 g/mol. The van der Waals surface area contributed by atoms with Crippen molar-refractivity contribution < 1.29 is 9.59 Å². The topological polar surface area (TPSA) is 95.2 Å². The zero-order chi connectivity index (χ0) is 22.9. The second kappa shape index (κ2) is 9.38. The number of thiocarbonyl (C=S) groups is 1. The number of anilines is 2. The second-order valence-corrected chi connectivity index (χ2v) is 10.8. The standard InChI is InChI=1S/C24H29N5O2S2/c1-13-18(3-2-10-25-13)28-24(32)27-16-8-9-19-17(11-16)20(22(31)26-12-14-4-5-14)23(33-19)29-21(30)15-6-7-15/h2-3,10,14-16H,4-9,11-12H2,1H3,(H,26,31)(H,29,30)(H2,27,28,32)/t16-/m0/s1. The van der Waals surface area contributed by atoms with Gasteiger partial charge in [-0.15, -0.1) is 11.3 Å². The van der Waals surface area contributed by atoms with Crippen molar-refractivity contribution in [2.75, 3.05) is 17.2 Å². The Morgan fingerprint density at radius 1 is 1.18 bits per heavy atom. The van der Waals surface area contributed by atoms with Crippen LogP contribution in [-0.4, -0.2) is 34.5 Å². The highest BCUT2D eigenvalue weighted by molar-refractivity contribution is 7.80. The van der Waals surface area contributed by atoms with Crippen LogP contribution in [0.3, 0.4) is 0 Å². The first-order valence-corrected chi connectivity index (χ1v) is 12.9. The van der Waals surface area contributed by atoms with Gasteiger partial charge in [0, 0.05) is 29.6 Å². The Kier molecular flexibility index (Phi) is 6.34. The number of rotatable bonds is 7. The zero-order valence-electron chi connectivity index (χ0n) is 18.7. The Bertz CT molecular complexity index is 1090. The predicted molar refractivity (Wildman–Crippen MR) is 135 cm³/mol. The van der Waals surface area contributed by atoms with Gasteiger partial charge >= 0.3 is 0 Å². The number of nitrogens with zero attached hydrogens (tertiary/aromatic N) is 1. The van der Waals surface area contributed by atoms with Gasteiger partial charge < -0.3 is 21.3 Å². The Morgan fingerprint density at radius 2 is 2.00 bits per heavy atom. The number of fused-ring (bicyclic) bond motifs is 1. The van der Waals surface area contributed by atoms with Crippen LogP contribution in [0.1, 0.15) is 58.6 Å². The molecule has 0 aliphatic heterocycles. The molecule has 4 N–H and O–H groups in total. The average molecular weight is 484 g/mol. The fraction of sp³-hybridized carbons (Fsp3) is 0.500. The van der Waals surface area contributed by atoms with E-state index in [1.807, 2.05) is 19.1 Å². The molecule has 7 nitrogen and oxygen atoms in total. The Morgan fingerprint density at radius 3 is 2.73 bits per heavy atom. The van der Waals surface area contributed by atoms with Crippen LogP contribution in [0, 0.1) is 18.8 Å². The lowest BCUT2D eigenvalue weighted by atomic mass is 9.91. The molecule has 2 heterocycles. The second-order valence-electron chi connectivity index (χ2n) is 9.30. The molecule has 5 rings (SSSR count). The summed E-state index contributed by atoms with van der Waals surface area (Å²) in [6.45, 7) is 2.65. The fourth-order valence-corrected chi connectivity index (χ4v) is 5.72. The molecule has 0 saturated heterocycles. The van der Waals surface area contributed by atoms with Gasteiger partial charge in [-0.25, -0.2) is 0 Å². The highest BCUT2D eigenvalue weighted by Crippen LogP contribution is 2.40. The summed E-state index contributed by atoms with van der Waals surface area (Å²) in [6.07, 6.45) is 8.46. The van der Waals surface area contributed by atoms with Gasteiger partial charge in [-0.1, -0.05) is 0 Å². The van der Waals surface area contributed by atoms with Crippen molar-refractivity contribution in [3.05, 3.63) is 40.0 Å². The Hall–Kier alpha value is -2.52. The van der Waals surface area contributed by atoms with E-state index in [1.165, 1.54) is 17.7 Å². The van der Waals surface area contributed by atoms with Crippen molar-refractivity contribution in [2.45, 2.75) is 57.9 Å². The van der Waals surface area contributed by atoms with E-state index in [9.17, 15) is 9.59 Å². The molecule has 0 radical (unpaired) electrons. The minimum atomic E-state index is -0.0715. The minimum absolute atomic E-state index is 0.0386.